The summed E-state index contributed by atoms with van der Waals surface area (Å²) in [4.78, 5) is 58.8. The van der Waals surface area contributed by atoms with Gasteiger partial charge in [0.2, 0.25) is 5.91 Å². The monoisotopic (exact) mass is 1210 g/mol. The Balaban J connectivity index is 0.654. The van der Waals surface area contributed by atoms with Crippen LogP contribution >= 0.6 is 0 Å². The molecule has 4 heterocycles. The van der Waals surface area contributed by atoms with Crippen LogP contribution in [0.25, 0.3) is 5.57 Å². The molecule has 16 nitrogen and oxygen atoms in total. The summed E-state index contributed by atoms with van der Waals surface area (Å²) in [6.07, 6.45) is 15.8. The molecule has 16 heteroatoms. The van der Waals surface area contributed by atoms with E-state index >= 15 is 4.79 Å². The third-order valence-corrected chi connectivity index (χ3v) is 22.3. The number of amides is 3. The SMILES string of the molecule is COCCOCCOCCN(CCCC(=O)NC1CCCC1)c1cc(COc2cc3c(cc2OC)C(=O)N2c4ccccc4C[C@H]2C=N3)cc(COc2cc3c(cc2OC)C(=O)N2c4cccc(C5=C6C=C7C8CC6CC6=C5C5C6C6C7C8C56)c4C[C@H]2C=N3)c1. The maximum Gasteiger partial charge on any atom is 0.261 e. The standard InChI is InChI=1S/C74H76N6O10/c1-84-20-21-88-23-22-87-19-18-78(17-9-16-64(81)77-44-11-5-6-12-44)45-25-40(38-89-62-34-56-53(32-60(62)85-2)73(82)79-46(36-75-56)27-42-10-4-7-14-58(42)79)24-41(26-45)39-90-63-35-57-54(33-61(63)86-3)74(83)80-47(37-76-57)30-50-48(13-8-15-59(50)80)65-49-31-52-51-28-43(49)29-55-68(65)71-69(55)70-67(52)66(51)72(70)71/h4,7-8,10,13-15,24-26,31-37,43-44,46-47,51,66-67,69-72H,5-6,9,11-12,16-23,27-30,38-39H2,1-3H3,(H,77,81)/t43?,46-,47-,51?,66?,67?,69?,70?,71?,72?/m0/s1. The molecule has 0 aromatic heterocycles. The maximum atomic E-state index is 15.2. The first kappa shape index (κ1) is 56.0. The molecule has 5 aromatic carbocycles. The van der Waals surface area contributed by atoms with E-state index in [1.54, 1.807) is 61.8 Å². The molecule has 7 aliphatic carbocycles. The first-order valence-corrected chi connectivity index (χ1v) is 32.9. The molecule has 0 saturated heterocycles. The van der Waals surface area contributed by atoms with Crippen LogP contribution in [-0.2, 0) is 45.1 Å². The topological polar surface area (TPSA) is 162 Å². The van der Waals surface area contributed by atoms with Gasteiger partial charge in [-0.15, -0.1) is 0 Å². The normalized spacial score (nSPS) is 26.5. The highest BCUT2D eigenvalue weighted by Crippen LogP contribution is 2.86. The molecule has 0 radical (unpaired) electrons. The zero-order valence-corrected chi connectivity index (χ0v) is 51.4. The van der Waals surface area contributed by atoms with E-state index in [-0.39, 0.29) is 49.1 Å². The Morgan fingerprint density at radius 1 is 0.656 bits per heavy atom. The molecule has 4 saturated carbocycles. The number of methoxy groups -OCH3 is 3. The van der Waals surface area contributed by atoms with E-state index in [4.69, 9.17) is 43.1 Å². The number of benzene rings is 5. The van der Waals surface area contributed by atoms with Crippen molar-refractivity contribution in [3.05, 3.63) is 152 Å². The number of rotatable bonds is 24. The third-order valence-electron chi connectivity index (χ3n) is 22.3. The predicted molar refractivity (Wildman–Crippen MR) is 343 cm³/mol. The number of carbonyl (C=O) groups is 3. The van der Waals surface area contributed by atoms with E-state index < -0.39 is 0 Å². The highest BCUT2D eigenvalue weighted by atomic mass is 16.5. The highest BCUT2D eigenvalue weighted by Gasteiger charge is 2.79. The number of hydrogen-bond donors (Lipinski definition) is 1. The summed E-state index contributed by atoms with van der Waals surface area (Å²) in [6, 6.07) is 27.8. The van der Waals surface area contributed by atoms with Crippen LogP contribution in [0.4, 0.5) is 28.4 Å². The number of ether oxygens (including phenoxy) is 7. The Kier molecular flexibility index (Phi) is 13.9. The molecular formula is C74H76N6O10. The van der Waals surface area contributed by atoms with E-state index in [0.717, 1.165) is 101 Å². The van der Waals surface area contributed by atoms with E-state index in [1.165, 1.54) is 29.5 Å². The highest BCUT2D eigenvalue weighted by molar-refractivity contribution is 6.16. The van der Waals surface area contributed by atoms with Crippen molar-refractivity contribution in [1.82, 2.24) is 5.32 Å². The molecule has 3 amide bonds. The number of anilines is 3. The Hall–Kier alpha value is -8.05. The smallest absolute Gasteiger partial charge is 0.261 e. The fourth-order valence-corrected chi connectivity index (χ4v) is 18.5. The fraction of sp³-hybridized carbons (Fsp3) is 0.446. The van der Waals surface area contributed by atoms with Gasteiger partial charge >= 0.3 is 0 Å². The van der Waals surface area contributed by atoms with Gasteiger partial charge in [0, 0.05) is 87.1 Å². The average molecular weight is 1210 g/mol. The zero-order chi connectivity index (χ0) is 60.5. The lowest BCUT2D eigenvalue weighted by atomic mass is 9.24. The lowest BCUT2D eigenvalue weighted by Gasteiger charge is -2.79. The first-order valence-electron chi connectivity index (χ1n) is 32.9. The second-order valence-electron chi connectivity index (χ2n) is 26.8. The lowest BCUT2D eigenvalue weighted by molar-refractivity contribution is -0.231. The van der Waals surface area contributed by atoms with Crippen LogP contribution in [0.15, 0.2) is 123 Å². The molecule has 4 fully saturated rings. The van der Waals surface area contributed by atoms with E-state index in [0.29, 0.717) is 123 Å². The summed E-state index contributed by atoms with van der Waals surface area (Å²) in [5, 5.41) is 3.26. The van der Waals surface area contributed by atoms with E-state index in [1.807, 2.05) is 46.5 Å². The minimum Gasteiger partial charge on any atom is -0.493 e. The zero-order valence-electron chi connectivity index (χ0n) is 51.4. The minimum atomic E-state index is -0.244. The number of para-hydroxylation sites is 1. The second-order valence-corrected chi connectivity index (χ2v) is 26.8. The third kappa shape index (κ3) is 8.95. The largest absolute Gasteiger partial charge is 0.493 e. The maximum absolute atomic E-state index is 15.2. The van der Waals surface area contributed by atoms with Crippen molar-refractivity contribution in [2.24, 2.45) is 57.3 Å². The van der Waals surface area contributed by atoms with Crippen molar-refractivity contribution >= 4 is 64.2 Å². The molecule has 16 rings (SSSR count). The molecular weight excluding hydrogens is 1130 g/mol. The Morgan fingerprint density at radius 2 is 1.33 bits per heavy atom. The summed E-state index contributed by atoms with van der Waals surface area (Å²) in [5.74, 6) is 8.08. The van der Waals surface area contributed by atoms with Crippen LogP contribution in [0.3, 0.4) is 0 Å². The molecule has 10 atom stereocenters. The molecule has 462 valence electrons. The van der Waals surface area contributed by atoms with Gasteiger partial charge in [-0.2, -0.15) is 0 Å². The van der Waals surface area contributed by atoms with Crippen molar-refractivity contribution in [1.29, 1.82) is 0 Å². The van der Waals surface area contributed by atoms with Gasteiger partial charge in [0.05, 0.1) is 81.8 Å². The molecule has 5 aromatic rings. The molecule has 0 bridgehead atoms. The van der Waals surface area contributed by atoms with E-state index in [2.05, 4.69) is 58.8 Å². The van der Waals surface area contributed by atoms with Crippen LogP contribution < -0.4 is 39.0 Å². The van der Waals surface area contributed by atoms with Crippen LogP contribution in [0.2, 0.25) is 0 Å². The molecule has 1 N–H and O–H groups in total. The number of hydrogen-bond acceptors (Lipinski definition) is 13. The van der Waals surface area contributed by atoms with Gasteiger partial charge in [-0.25, -0.2) is 0 Å². The summed E-state index contributed by atoms with van der Waals surface area (Å²) in [7, 11) is 4.83. The number of nitrogens with one attached hydrogen (secondary N) is 1. The van der Waals surface area contributed by atoms with Crippen molar-refractivity contribution in [2.75, 3.05) is 82.2 Å². The lowest BCUT2D eigenvalue weighted by Crippen LogP contribution is -2.74. The van der Waals surface area contributed by atoms with Crippen molar-refractivity contribution in [3.8, 4) is 23.0 Å². The number of aliphatic imine (C=N–C) groups is 2. The summed E-state index contributed by atoms with van der Waals surface area (Å²) < 4.78 is 42.5. The Morgan fingerprint density at radius 3 is 2.06 bits per heavy atom. The molecule has 90 heavy (non-hydrogen) atoms. The van der Waals surface area contributed by atoms with Gasteiger partial charge in [0.25, 0.3) is 11.8 Å². The first-order chi connectivity index (χ1) is 44.2. The van der Waals surface area contributed by atoms with Gasteiger partial charge in [0.1, 0.15) is 13.2 Å². The number of fused-ring (bicyclic) bond motifs is 21. The minimum absolute atomic E-state index is 0.0701. The van der Waals surface area contributed by atoms with E-state index in [9.17, 15) is 9.59 Å². The predicted octanol–water partition coefficient (Wildman–Crippen LogP) is 11.5. The molecule has 11 aliphatic rings. The molecule has 4 aliphatic heterocycles. The van der Waals surface area contributed by atoms with Gasteiger partial charge in [-0.1, -0.05) is 60.4 Å². The number of carbonyl (C=O) groups excluding carboxylic acids is 3. The molecule has 0 spiro atoms. The van der Waals surface area contributed by atoms with Crippen LogP contribution in [0.1, 0.15) is 99.9 Å². The Bertz CT molecular complexity index is 3990. The number of nitrogens with zero attached hydrogens (tertiary/aromatic N) is 5. The fourth-order valence-electron chi connectivity index (χ4n) is 18.5. The molecule has 8 unspecified atom stereocenters. The average Bonchev–Trinajstić information content (AvgIpc) is 1.29. The van der Waals surface area contributed by atoms with Gasteiger partial charge in [-0.05, 0) is 166 Å². The van der Waals surface area contributed by atoms with Crippen molar-refractivity contribution in [2.45, 2.75) is 95.5 Å². The second kappa shape index (κ2) is 22.4. The van der Waals surface area contributed by atoms with Crippen LogP contribution in [0, 0.1) is 47.3 Å². The summed E-state index contributed by atoms with van der Waals surface area (Å²) >= 11 is 0. The van der Waals surface area contributed by atoms with Crippen molar-refractivity contribution in [3.63, 3.8) is 0 Å². The summed E-state index contributed by atoms with van der Waals surface area (Å²) in [6.45, 7) is 3.65. The van der Waals surface area contributed by atoms with Gasteiger partial charge < -0.3 is 43.4 Å². The quantitative estimate of drug-likeness (QED) is 0.0462. The van der Waals surface area contributed by atoms with Crippen molar-refractivity contribution < 1.29 is 47.5 Å². The summed E-state index contributed by atoms with van der Waals surface area (Å²) in [5.41, 5.74) is 18.4. The van der Waals surface area contributed by atoms with Crippen LogP contribution in [-0.4, -0.2) is 116 Å². The number of allylic oxidation sites excluding steroid dienone is 6. The van der Waals surface area contributed by atoms with Crippen LogP contribution in [0.5, 0.6) is 23.0 Å². The van der Waals surface area contributed by atoms with Gasteiger partial charge in [0.15, 0.2) is 23.0 Å². The van der Waals surface area contributed by atoms with Gasteiger partial charge in [-0.3, -0.25) is 34.2 Å². The Labute approximate surface area is 524 Å².